The molecule has 9 heteroatoms. The van der Waals surface area contributed by atoms with Crippen LogP contribution in [0, 0.1) is 6.92 Å². The number of rotatable bonds is 5. The lowest BCUT2D eigenvalue weighted by Crippen LogP contribution is -2.52. The van der Waals surface area contributed by atoms with Crippen molar-refractivity contribution in [1.29, 1.82) is 0 Å². The van der Waals surface area contributed by atoms with Crippen molar-refractivity contribution in [2.24, 2.45) is 5.73 Å². The number of nitrogens with one attached hydrogen (secondary N) is 2. The number of nitrogens with zero attached hydrogens (tertiary/aromatic N) is 3. The summed E-state index contributed by atoms with van der Waals surface area (Å²) in [5, 5.41) is 5.62. The highest BCUT2D eigenvalue weighted by Gasteiger charge is 2.38. The molecule has 2 aliphatic heterocycles. The Kier molecular flexibility index (Phi) is 4.98. The number of fused-ring (bicyclic) bond motifs is 1. The molecule has 4 rings (SSSR count). The standard InChI is InChI=1S/C20H22N6O3/c1-11-15(9-23-17(7-21)24-11)22-8-12-2-3-14-13(6-12)10-26(20(14)29)16-4-5-18(27)25-19(16)28/h2-3,6,9,16,22H,4-5,7-8,10,21H2,1H3,(H,25,27,28). The maximum Gasteiger partial charge on any atom is 0.255 e. The van der Waals surface area contributed by atoms with Gasteiger partial charge in [-0.05, 0) is 30.5 Å². The van der Waals surface area contributed by atoms with Gasteiger partial charge in [0.1, 0.15) is 11.9 Å². The molecule has 1 unspecified atom stereocenters. The van der Waals surface area contributed by atoms with Crippen LogP contribution in [0.25, 0.3) is 0 Å². The summed E-state index contributed by atoms with van der Waals surface area (Å²) in [6.45, 7) is 3.10. The lowest BCUT2D eigenvalue weighted by Gasteiger charge is -2.29. The molecule has 1 fully saturated rings. The Bertz CT molecular complexity index is 1010. The third kappa shape index (κ3) is 3.68. The van der Waals surface area contributed by atoms with Gasteiger partial charge in [-0.25, -0.2) is 9.97 Å². The number of aryl methyl sites for hydroxylation is 1. The number of aromatic nitrogens is 2. The van der Waals surface area contributed by atoms with Crippen molar-refractivity contribution in [2.45, 2.75) is 45.4 Å². The van der Waals surface area contributed by atoms with Crippen LogP contribution in [-0.2, 0) is 29.2 Å². The number of amides is 3. The molecule has 3 amide bonds. The van der Waals surface area contributed by atoms with Gasteiger partial charge in [0.2, 0.25) is 11.8 Å². The van der Waals surface area contributed by atoms with Crippen molar-refractivity contribution in [3.8, 4) is 0 Å². The Morgan fingerprint density at radius 3 is 2.86 bits per heavy atom. The average Bonchev–Trinajstić information content (AvgIpc) is 3.02. The molecule has 1 aromatic carbocycles. The molecule has 0 saturated carbocycles. The van der Waals surface area contributed by atoms with E-state index < -0.39 is 11.9 Å². The zero-order valence-electron chi connectivity index (χ0n) is 16.1. The van der Waals surface area contributed by atoms with Gasteiger partial charge < -0.3 is 16.0 Å². The highest BCUT2D eigenvalue weighted by Crippen LogP contribution is 2.28. The minimum atomic E-state index is -0.602. The number of nitrogens with two attached hydrogens (primary N) is 1. The Balaban J connectivity index is 1.46. The molecule has 1 atom stereocenters. The van der Waals surface area contributed by atoms with E-state index in [0.29, 0.717) is 37.4 Å². The summed E-state index contributed by atoms with van der Waals surface area (Å²) < 4.78 is 0. The van der Waals surface area contributed by atoms with Crippen LogP contribution in [0.2, 0.25) is 0 Å². The van der Waals surface area contributed by atoms with Gasteiger partial charge >= 0.3 is 0 Å². The molecule has 2 aliphatic rings. The van der Waals surface area contributed by atoms with E-state index >= 15 is 0 Å². The quantitative estimate of drug-likeness (QED) is 0.634. The maximum absolute atomic E-state index is 12.7. The molecule has 1 aromatic heterocycles. The first-order valence-electron chi connectivity index (χ1n) is 9.49. The first kappa shape index (κ1) is 19.0. The number of carbonyl (C=O) groups excluding carboxylic acids is 3. The summed E-state index contributed by atoms with van der Waals surface area (Å²) in [4.78, 5) is 46.3. The second-order valence-electron chi connectivity index (χ2n) is 7.23. The van der Waals surface area contributed by atoms with E-state index in [1.54, 1.807) is 17.2 Å². The Morgan fingerprint density at radius 2 is 2.14 bits per heavy atom. The molecule has 29 heavy (non-hydrogen) atoms. The summed E-state index contributed by atoms with van der Waals surface area (Å²) >= 11 is 0. The third-order valence-electron chi connectivity index (χ3n) is 5.28. The van der Waals surface area contributed by atoms with E-state index in [2.05, 4.69) is 20.6 Å². The third-order valence-corrected chi connectivity index (χ3v) is 5.28. The van der Waals surface area contributed by atoms with Gasteiger partial charge in [-0.1, -0.05) is 12.1 Å². The van der Waals surface area contributed by atoms with Gasteiger partial charge in [-0.2, -0.15) is 0 Å². The van der Waals surface area contributed by atoms with E-state index in [1.165, 1.54) is 0 Å². The fourth-order valence-corrected chi connectivity index (χ4v) is 3.72. The molecule has 4 N–H and O–H groups in total. The van der Waals surface area contributed by atoms with Crippen LogP contribution in [0.4, 0.5) is 5.69 Å². The molecule has 0 aliphatic carbocycles. The molecule has 9 nitrogen and oxygen atoms in total. The minimum Gasteiger partial charge on any atom is -0.378 e. The summed E-state index contributed by atoms with van der Waals surface area (Å²) in [5.41, 5.74) is 9.69. The second-order valence-corrected chi connectivity index (χ2v) is 7.23. The molecular formula is C20H22N6O3. The van der Waals surface area contributed by atoms with Crippen LogP contribution in [0.3, 0.4) is 0 Å². The van der Waals surface area contributed by atoms with E-state index in [4.69, 9.17) is 5.73 Å². The zero-order valence-corrected chi connectivity index (χ0v) is 16.1. The Labute approximate surface area is 167 Å². The van der Waals surface area contributed by atoms with Crippen LogP contribution >= 0.6 is 0 Å². The molecule has 0 radical (unpaired) electrons. The average molecular weight is 394 g/mol. The van der Waals surface area contributed by atoms with Crippen LogP contribution < -0.4 is 16.4 Å². The van der Waals surface area contributed by atoms with Gasteiger partial charge in [-0.3, -0.25) is 19.7 Å². The fraction of sp³-hybridized carbons (Fsp3) is 0.350. The number of hydrogen-bond donors (Lipinski definition) is 3. The van der Waals surface area contributed by atoms with Crippen molar-refractivity contribution in [3.63, 3.8) is 0 Å². The van der Waals surface area contributed by atoms with Crippen LogP contribution in [0.15, 0.2) is 24.4 Å². The fourth-order valence-electron chi connectivity index (χ4n) is 3.72. The smallest absolute Gasteiger partial charge is 0.255 e. The lowest BCUT2D eigenvalue weighted by atomic mass is 10.0. The largest absolute Gasteiger partial charge is 0.378 e. The van der Waals surface area contributed by atoms with E-state index in [-0.39, 0.29) is 18.2 Å². The van der Waals surface area contributed by atoms with Crippen LogP contribution in [0.1, 0.15) is 45.8 Å². The zero-order chi connectivity index (χ0) is 20.5. The molecule has 2 aromatic rings. The van der Waals surface area contributed by atoms with E-state index in [0.717, 1.165) is 22.5 Å². The molecule has 0 spiro atoms. The summed E-state index contributed by atoms with van der Waals surface area (Å²) in [5.74, 6) is -0.267. The lowest BCUT2D eigenvalue weighted by molar-refractivity contribution is -0.136. The molecule has 3 heterocycles. The van der Waals surface area contributed by atoms with Crippen molar-refractivity contribution >= 4 is 23.4 Å². The SMILES string of the molecule is Cc1nc(CN)ncc1NCc1ccc2c(c1)CN(C1CCC(=O)NC1=O)C2=O. The number of hydrogen-bond acceptors (Lipinski definition) is 7. The van der Waals surface area contributed by atoms with Crippen molar-refractivity contribution in [3.05, 3.63) is 52.6 Å². The van der Waals surface area contributed by atoms with Gasteiger partial charge in [0.25, 0.3) is 5.91 Å². The van der Waals surface area contributed by atoms with Gasteiger partial charge in [0, 0.05) is 25.1 Å². The van der Waals surface area contributed by atoms with E-state index in [9.17, 15) is 14.4 Å². The molecule has 150 valence electrons. The molecule has 0 bridgehead atoms. The van der Waals surface area contributed by atoms with Crippen LogP contribution in [-0.4, -0.2) is 38.6 Å². The summed E-state index contributed by atoms with van der Waals surface area (Å²) in [6.07, 6.45) is 2.32. The number of piperidine rings is 1. The van der Waals surface area contributed by atoms with Crippen molar-refractivity contribution in [1.82, 2.24) is 20.2 Å². The second kappa shape index (κ2) is 7.59. The van der Waals surface area contributed by atoms with Crippen LogP contribution in [0.5, 0.6) is 0 Å². The Morgan fingerprint density at radius 1 is 1.31 bits per heavy atom. The first-order valence-corrected chi connectivity index (χ1v) is 9.49. The van der Waals surface area contributed by atoms with Crippen molar-refractivity contribution < 1.29 is 14.4 Å². The number of anilines is 1. The Hall–Kier alpha value is -3.33. The van der Waals surface area contributed by atoms with E-state index in [1.807, 2.05) is 19.1 Å². The van der Waals surface area contributed by atoms with Gasteiger partial charge in [-0.15, -0.1) is 0 Å². The predicted octanol–water partition coefficient (Wildman–Crippen LogP) is 0.617. The topological polar surface area (TPSA) is 130 Å². The predicted molar refractivity (Wildman–Crippen MR) is 104 cm³/mol. The highest BCUT2D eigenvalue weighted by atomic mass is 16.2. The minimum absolute atomic E-state index is 0.171. The monoisotopic (exact) mass is 394 g/mol. The molecule has 1 saturated heterocycles. The highest BCUT2D eigenvalue weighted by molar-refractivity contribution is 6.05. The normalized spacial score (nSPS) is 18.6. The number of imide groups is 1. The van der Waals surface area contributed by atoms with Gasteiger partial charge in [0.05, 0.1) is 24.1 Å². The molecular weight excluding hydrogens is 372 g/mol. The summed E-state index contributed by atoms with van der Waals surface area (Å²) in [6, 6.07) is 5.05. The summed E-state index contributed by atoms with van der Waals surface area (Å²) in [7, 11) is 0. The first-order chi connectivity index (χ1) is 14.0. The maximum atomic E-state index is 12.7. The number of carbonyl (C=O) groups is 3. The van der Waals surface area contributed by atoms with Crippen molar-refractivity contribution in [2.75, 3.05) is 5.32 Å². The van der Waals surface area contributed by atoms with Gasteiger partial charge in [0.15, 0.2) is 0 Å². The number of benzene rings is 1.